The number of para-hydroxylation sites is 1. The Morgan fingerprint density at radius 1 is 0.688 bits per heavy atom. The quantitative estimate of drug-likeness (QED) is 0.0639. The number of aliphatic carboxylic acids is 2. The number of rotatable bonds is 23. The largest absolute Gasteiger partial charge is 0.481 e. The highest BCUT2D eigenvalue weighted by Crippen LogP contribution is 2.22. The first-order valence-corrected chi connectivity index (χ1v) is 22.3. The van der Waals surface area contributed by atoms with Gasteiger partial charge in [-0.3, -0.25) is 33.6 Å². The number of hydrogen-bond donors (Lipinski definition) is 11. The molecule has 18 heteroatoms. The van der Waals surface area contributed by atoms with Gasteiger partial charge in [0, 0.05) is 92.1 Å². The van der Waals surface area contributed by atoms with Crippen LogP contribution in [0.3, 0.4) is 0 Å². The SMILES string of the molecule is CC(C)[C@@H](CC(=O)N[C@@H]1CCNC[C@H]1C(=O)N[C@H](CC(=O)N[C@@H](CCC(=O)O)CC(=O)O)Cc1c[nH]c2ccccc12)NC(=O)C[C@H](Cc1ccccc1)NC(=O)[C@@H]1CNCC[C@H]1N. The second kappa shape index (κ2) is 24.3. The van der Waals surface area contributed by atoms with Crippen LogP contribution in [-0.4, -0.2) is 119 Å². The number of piperidine rings is 2. The molecule has 3 aromatic rings. The zero-order valence-electron chi connectivity index (χ0n) is 36.7. The number of nitrogens with two attached hydrogens (primary N) is 1. The van der Waals surface area contributed by atoms with Gasteiger partial charge in [0.05, 0.1) is 18.3 Å². The molecule has 64 heavy (non-hydrogen) atoms. The molecule has 2 aromatic carbocycles. The van der Waals surface area contributed by atoms with Gasteiger partial charge in [-0.15, -0.1) is 0 Å². The summed E-state index contributed by atoms with van der Waals surface area (Å²) in [6, 6.07) is 13.6. The van der Waals surface area contributed by atoms with E-state index in [9.17, 15) is 38.7 Å². The molecule has 0 unspecified atom stereocenters. The van der Waals surface area contributed by atoms with Gasteiger partial charge in [0.25, 0.3) is 0 Å². The Kier molecular flexibility index (Phi) is 18.7. The second-order valence-corrected chi connectivity index (χ2v) is 17.5. The van der Waals surface area contributed by atoms with Crippen molar-refractivity contribution in [2.24, 2.45) is 23.5 Å². The lowest BCUT2D eigenvalue weighted by Gasteiger charge is -2.34. The van der Waals surface area contributed by atoms with Crippen molar-refractivity contribution in [3.63, 3.8) is 0 Å². The van der Waals surface area contributed by atoms with Crippen molar-refractivity contribution in [1.29, 1.82) is 0 Å². The lowest BCUT2D eigenvalue weighted by Crippen LogP contribution is -2.57. The van der Waals surface area contributed by atoms with Gasteiger partial charge >= 0.3 is 11.9 Å². The van der Waals surface area contributed by atoms with Crippen LogP contribution in [0.5, 0.6) is 0 Å². The molecule has 12 N–H and O–H groups in total. The third-order valence-electron chi connectivity index (χ3n) is 12.1. The molecule has 5 amide bonds. The number of hydrogen-bond acceptors (Lipinski definition) is 10. The maximum absolute atomic E-state index is 14.1. The second-order valence-electron chi connectivity index (χ2n) is 17.5. The van der Waals surface area contributed by atoms with Crippen molar-refractivity contribution in [1.82, 2.24) is 42.2 Å². The van der Waals surface area contributed by atoms with E-state index in [0.717, 1.165) is 28.6 Å². The number of benzene rings is 2. The smallest absolute Gasteiger partial charge is 0.305 e. The minimum Gasteiger partial charge on any atom is -0.481 e. The number of carboxylic acids is 2. The van der Waals surface area contributed by atoms with Crippen LogP contribution < -0.4 is 43.0 Å². The summed E-state index contributed by atoms with van der Waals surface area (Å²) >= 11 is 0. The number of nitrogens with one attached hydrogen (secondary N) is 8. The van der Waals surface area contributed by atoms with Gasteiger partial charge in [-0.05, 0) is 68.3 Å². The molecule has 0 radical (unpaired) electrons. The highest BCUT2D eigenvalue weighted by Gasteiger charge is 2.35. The lowest BCUT2D eigenvalue weighted by atomic mass is 9.90. The molecule has 0 aliphatic carbocycles. The zero-order valence-corrected chi connectivity index (χ0v) is 36.7. The maximum atomic E-state index is 14.1. The summed E-state index contributed by atoms with van der Waals surface area (Å²) in [5.41, 5.74) is 8.95. The van der Waals surface area contributed by atoms with Gasteiger partial charge in [-0.2, -0.15) is 0 Å². The molecule has 0 saturated carbocycles. The summed E-state index contributed by atoms with van der Waals surface area (Å²) in [4.78, 5) is 94.3. The summed E-state index contributed by atoms with van der Waals surface area (Å²) in [5.74, 6) is -5.41. The van der Waals surface area contributed by atoms with Gasteiger partial charge in [-0.25, -0.2) is 0 Å². The Balaban J connectivity index is 1.23. The molecule has 18 nitrogen and oxygen atoms in total. The minimum atomic E-state index is -1.19. The van der Waals surface area contributed by atoms with Crippen LogP contribution in [0.1, 0.15) is 76.3 Å². The van der Waals surface area contributed by atoms with Crippen LogP contribution in [0.2, 0.25) is 0 Å². The lowest BCUT2D eigenvalue weighted by molar-refractivity contribution is -0.140. The third-order valence-corrected chi connectivity index (χ3v) is 12.1. The highest BCUT2D eigenvalue weighted by atomic mass is 16.4. The monoisotopic (exact) mass is 887 g/mol. The van der Waals surface area contributed by atoms with Crippen LogP contribution in [0.4, 0.5) is 0 Å². The molecule has 1 aromatic heterocycles. The molecule has 0 bridgehead atoms. The Morgan fingerprint density at radius 3 is 1.98 bits per heavy atom. The summed E-state index contributed by atoms with van der Waals surface area (Å²) in [6.45, 7) is 5.79. The molecular weight excluding hydrogens is 823 g/mol. The number of carboxylic acid groups (broad SMARTS) is 2. The van der Waals surface area contributed by atoms with E-state index in [1.807, 2.05) is 74.6 Å². The van der Waals surface area contributed by atoms with Crippen LogP contribution in [-0.2, 0) is 46.4 Å². The predicted molar refractivity (Wildman–Crippen MR) is 240 cm³/mol. The molecule has 2 aliphatic heterocycles. The van der Waals surface area contributed by atoms with Gasteiger partial charge in [0.2, 0.25) is 29.5 Å². The van der Waals surface area contributed by atoms with Crippen LogP contribution in [0, 0.1) is 17.8 Å². The topological polar surface area (TPSA) is 286 Å². The standard InChI is InChI=1S/C46H65N9O9/c1-27(2)39(55-41(57)20-31(18-28-8-4-3-5-9-28)52-45(63)34-25-48-16-14-36(34)47)23-42(58)54-38-15-17-49-26-35(38)46(64)53-32(19-29-24-50-37-11-7-6-10-33(29)37)21-40(56)51-30(22-44(61)62)12-13-43(59)60/h3-11,24,27,30-32,34-36,38-39,48-50H,12-23,25-26,47H2,1-2H3,(H,51,56)(H,52,63)(H,53,64)(H,54,58)(H,55,57)(H,59,60)(H,61,62)/t30-,31-,32-,34+,35+,36+,38+,39+/m0/s1. The van der Waals surface area contributed by atoms with E-state index in [1.54, 1.807) is 0 Å². The van der Waals surface area contributed by atoms with Gasteiger partial charge in [-0.1, -0.05) is 62.4 Å². The normalized spacial score (nSPS) is 20.6. The molecule has 2 aliphatic rings. The van der Waals surface area contributed by atoms with Crippen molar-refractivity contribution in [2.75, 3.05) is 26.2 Å². The number of carbonyl (C=O) groups is 7. The van der Waals surface area contributed by atoms with E-state index in [0.29, 0.717) is 32.4 Å². The van der Waals surface area contributed by atoms with Crippen LogP contribution in [0.15, 0.2) is 60.8 Å². The Labute approximate surface area is 373 Å². The van der Waals surface area contributed by atoms with E-state index in [2.05, 4.69) is 42.2 Å². The first kappa shape index (κ1) is 49.2. The fraction of sp³-hybridized carbons (Fsp3) is 0.543. The van der Waals surface area contributed by atoms with E-state index < -0.39 is 72.2 Å². The van der Waals surface area contributed by atoms with Gasteiger partial charge in [0.1, 0.15) is 0 Å². The fourth-order valence-electron chi connectivity index (χ4n) is 8.55. The zero-order chi connectivity index (χ0) is 46.2. The molecule has 348 valence electrons. The van der Waals surface area contributed by atoms with Crippen molar-refractivity contribution in [3.8, 4) is 0 Å². The van der Waals surface area contributed by atoms with E-state index in [-0.39, 0.29) is 74.8 Å². The Bertz CT molecular complexity index is 2060. The molecule has 0 spiro atoms. The number of amides is 5. The summed E-state index contributed by atoms with van der Waals surface area (Å²) in [5, 5.41) is 40.8. The van der Waals surface area contributed by atoms with E-state index >= 15 is 0 Å². The molecule has 3 heterocycles. The minimum absolute atomic E-state index is 0.0162. The average molecular weight is 888 g/mol. The maximum Gasteiger partial charge on any atom is 0.305 e. The molecule has 8 atom stereocenters. The highest BCUT2D eigenvalue weighted by molar-refractivity contribution is 5.86. The van der Waals surface area contributed by atoms with Crippen LogP contribution in [0.25, 0.3) is 10.9 Å². The Hall–Kier alpha value is -5.85. The number of fused-ring (bicyclic) bond motifs is 1. The number of carbonyl (C=O) groups excluding carboxylic acids is 5. The van der Waals surface area contributed by atoms with Crippen molar-refractivity contribution in [3.05, 3.63) is 71.9 Å². The molecule has 5 rings (SSSR count). The molecule has 2 fully saturated rings. The van der Waals surface area contributed by atoms with Crippen LogP contribution >= 0.6 is 0 Å². The summed E-state index contributed by atoms with van der Waals surface area (Å²) in [6.07, 6.45) is 2.43. The summed E-state index contributed by atoms with van der Waals surface area (Å²) in [7, 11) is 0. The Morgan fingerprint density at radius 2 is 1.31 bits per heavy atom. The van der Waals surface area contributed by atoms with Crippen molar-refractivity contribution < 1.29 is 43.8 Å². The predicted octanol–water partition coefficient (Wildman–Crippen LogP) is 1.09. The van der Waals surface area contributed by atoms with Crippen molar-refractivity contribution >= 4 is 52.4 Å². The molecular formula is C46H65N9O9. The first-order valence-electron chi connectivity index (χ1n) is 22.3. The number of aromatic amines is 1. The van der Waals surface area contributed by atoms with Gasteiger partial charge in [0.15, 0.2) is 0 Å². The number of aromatic nitrogens is 1. The fourth-order valence-corrected chi connectivity index (χ4v) is 8.55. The van der Waals surface area contributed by atoms with E-state index in [4.69, 9.17) is 10.8 Å². The summed E-state index contributed by atoms with van der Waals surface area (Å²) < 4.78 is 0. The third kappa shape index (κ3) is 15.4. The molecule has 2 saturated heterocycles. The number of H-pyrrole nitrogens is 1. The van der Waals surface area contributed by atoms with Crippen molar-refractivity contribution in [2.45, 2.75) is 114 Å². The average Bonchev–Trinajstić information content (AvgIpc) is 3.65. The van der Waals surface area contributed by atoms with E-state index in [1.165, 1.54) is 0 Å². The first-order chi connectivity index (χ1) is 30.6. The van der Waals surface area contributed by atoms with Gasteiger partial charge < -0.3 is 58.1 Å².